The molecule has 1 aromatic heterocycles. The Morgan fingerprint density at radius 1 is 1.29 bits per heavy atom. The number of guanidine groups is 1. The fourth-order valence-electron chi connectivity index (χ4n) is 1.90. The van der Waals surface area contributed by atoms with Crippen LogP contribution in [-0.2, 0) is 13.0 Å². The minimum absolute atomic E-state index is 0. The van der Waals surface area contributed by atoms with Crippen molar-refractivity contribution < 1.29 is 13.3 Å². The van der Waals surface area contributed by atoms with Gasteiger partial charge in [-0.25, -0.2) is 13.8 Å². The Labute approximate surface area is 156 Å². The van der Waals surface area contributed by atoms with Gasteiger partial charge in [0.1, 0.15) is 11.6 Å². The Kier molecular flexibility index (Phi) is 8.58. The van der Waals surface area contributed by atoms with Crippen molar-refractivity contribution in [2.24, 2.45) is 4.99 Å². The maximum Gasteiger partial charge on any atom is 0.228 e. The zero-order chi connectivity index (χ0) is 16.7. The van der Waals surface area contributed by atoms with E-state index in [-0.39, 0.29) is 36.1 Å². The van der Waals surface area contributed by atoms with Gasteiger partial charge in [0.2, 0.25) is 5.89 Å². The summed E-state index contributed by atoms with van der Waals surface area (Å²) in [6, 6.07) is 3.32. The van der Waals surface area contributed by atoms with Crippen molar-refractivity contribution >= 4 is 29.9 Å². The number of hydrogen-bond donors (Lipinski definition) is 2. The van der Waals surface area contributed by atoms with Crippen LogP contribution in [0.3, 0.4) is 0 Å². The summed E-state index contributed by atoms with van der Waals surface area (Å²) < 4.78 is 31.7. The van der Waals surface area contributed by atoms with Crippen LogP contribution in [0.4, 0.5) is 8.78 Å². The van der Waals surface area contributed by atoms with E-state index in [9.17, 15) is 8.78 Å². The maximum atomic E-state index is 13.6. The van der Waals surface area contributed by atoms with Crippen LogP contribution >= 0.6 is 24.0 Å². The molecule has 6 nitrogen and oxygen atoms in total. The number of halogens is 3. The van der Waals surface area contributed by atoms with Gasteiger partial charge in [0.25, 0.3) is 0 Å². The first-order valence-corrected chi connectivity index (χ1v) is 7.33. The highest BCUT2D eigenvalue weighted by molar-refractivity contribution is 14.0. The molecule has 0 fully saturated rings. The number of aliphatic imine (C=N–C) groups is 1. The van der Waals surface area contributed by atoms with Crippen molar-refractivity contribution in [1.29, 1.82) is 0 Å². The van der Waals surface area contributed by atoms with Gasteiger partial charge in [0.15, 0.2) is 11.8 Å². The Morgan fingerprint density at radius 3 is 2.75 bits per heavy atom. The highest BCUT2D eigenvalue weighted by Gasteiger charge is 2.05. The molecule has 9 heteroatoms. The lowest BCUT2D eigenvalue weighted by molar-refractivity contribution is 0.374. The average molecular weight is 451 g/mol. The third-order valence-corrected chi connectivity index (χ3v) is 2.96. The summed E-state index contributed by atoms with van der Waals surface area (Å²) in [6.07, 6.45) is 0.541. The van der Waals surface area contributed by atoms with Gasteiger partial charge in [-0.15, -0.1) is 24.0 Å². The van der Waals surface area contributed by atoms with Crippen LogP contribution < -0.4 is 10.6 Å². The molecule has 0 radical (unpaired) electrons. The molecule has 2 N–H and O–H groups in total. The molecule has 24 heavy (non-hydrogen) atoms. The van der Waals surface area contributed by atoms with Crippen LogP contribution in [-0.4, -0.2) is 29.2 Å². The Hall–Kier alpha value is -1.78. The zero-order valence-corrected chi connectivity index (χ0v) is 15.8. The Bertz CT molecular complexity index is 678. The normalized spacial score (nSPS) is 11.1. The van der Waals surface area contributed by atoms with Crippen molar-refractivity contribution in [3.05, 3.63) is 47.1 Å². The smallest absolute Gasteiger partial charge is 0.228 e. The topological polar surface area (TPSA) is 75.3 Å². The Balaban J connectivity index is 0.00000288. The van der Waals surface area contributed by atoms with Gasteiger partial charge in [-0.3, -0.25) is 0 Å². The minimum atomic E-state index is -0.485. The molecule has 1 heterocycles. The fourth-order valence-corrected chi connectivity index (χ4v) is 1.90. The molecule has 2 aromatic rings. The first kappa shape index (κ1) is 20.3. The lowest BCUT2D eigenvalue weighted by atomic mass is 10.2. The second-order valence-electron chi connectivity index (χ2n) is 4.84. The second-order valence-corrected chi connectivity index (χ2v) is 4.84. The first-order chi connectivity index (χ1) is 11.1. The van der Waals surface area contributed by atoms with Gasteiger partial charge in [-0.2, -0.15) is 4.98 Å². The van der Waals surface area contributed by atoms with Gasteiger partial charge in [0, 0.05) is 25.1 Å². The van der Waals surface area contributed by atoms with Gasteiger partial charge in [0.05, 0.1) is 6.54 Å². The SMILES string of the molecule is CCNC(=NCc1cc(F)ccc1F)NCCc1nc(C)no1.I. The fraction of sp³-hybridized carbons (Fsp3) is 0.400. The average Bonchev–Trinajstić information content (AvgIpc) is 2.93. The van der Waals surface area contributed by atoms with Crippen LogP contribution in [0.15, 0.2) is 27.7 Å². The number of nitrogens with one attached hydrogen (secondary N) is 2. The summed E-state index contributed by atoms with van der Waals surface area (Å²) in [4.78, 5) is 8.34. The van der Waals surface area contributed by atoms with E-state index in [0.717, 1.165) is 18.2 Å². The number of aryl methyl sites for hydroxylation is 1. The van der Waals surface area contributed by atoms with Gasteiger partial charge in [-0.1, -0.05) is 5.16 Å². The van der Waals surface area contributed by atoms with E-state index in [4.69, 9.17) is 4.52 Å². The number of nitrogens with zero attached hydrogens (tertiary/aromatic N) is 3. The summed E-state index contributed by atoms with van der Waals surface area (Å²) >= 11 is 0. The molecular formula is C15H20F2IN5O. The van der Waals surface area contributed by atoms with Crippen LogP contribution in [0, 0.1) is 18.6 Å². The van der Waals surface area contributed by atoms with Crippen LogP contribution in [0.2, 0.25) is 0 Å². The first-order valence-electron chi connectivity index (χ1n) is 7.33. The molecule has 0 aliphatic rings. The van der Waals surface area contributed by atoms with Crippen molar-refractivity contribution in [2.75, 3.05) is 13.1 Å². The molecule has 0 amide bonds. The number of hydrogen-bond acceptors (Lipinski definition) is 4. The number of benzene rings is 1. The van der Waals surface area contributed by atoms with E-state index in [0.29, 0.717) is 37.2 Å². The third kappa shape index (κ3) is 6.38. The lowest BCUT2D eigenvalue weighted by Crippen LogP contribution is -2.38. The van der Waals surface area contributed by atoms with Crippen LogP contribution in [0.1, 0.15) is 24.2 Å². The van der Waals surface area contributed by atoms with Crippen molar-refractivity contribution in [1.82, 2.24) is 20.8 Å². The number of aromatic nitrogens is 2. The van der Waals surface area contributed by atoms with Gasteiger partial charge < -0.3 is 15.2 Å². The third-order valence-electron chi connectivity index (χ3n) is 2.96. The molecule has 0 atom stereocenters. The van der Waals surface area contributed by atoms with E-state index < -0.39 is 11.6 Å². The molecular weight excluding hydrogens is 431 g/mol. The van der Waals surface area contributed by atoms with E-state index in [1.807, 2.05) is 6.92 Å². The van der Waals surface area contributed by atoms with Crippen molar-refractivity contribution in [3.8, 4) is 0 Å². The highest BCUT2D eigenvalue weighted by atomic mass is 127. The number of rotatable bonds is 6. The van der Waals surface area contributed by atoms with Crippen LogP contribution in [0.25, 0.3) is 0 Å². The summed E-state index contributed by atoms with van der Waals surface area (Å²) in [6.45, 7) is 4.88. The molecule has 1 aromatic carbocycles. The Morgan fingerprint density at radius 2 is 2.08 bits per heavy atom. The molecule has 0 aliphatic heterocycles. The molecule has 0 unspecified atom stereocenters. The molecule has 0 saturated carbocycles. The predicted molar refractivity (Wildman–Crippen MR) is 97.3 cm³/mol. The molecule has 0 bridgehead atoms. The summed E-state index contributed by atoms with van der Waals surface area (Å²) in [5, 5.41) is 9.82. The maximum absolute atomic E-state index is 13.6. The summed E-state index contributed by atoms with van der Waals surface area (Å²) in [5.74, 6) is 0.658. The molecule has 2 rings (SSSR count). The standard InChI is InChI=1S/C15H19F2N5O.HI/c1-3-18-15(19-7-6-14-21-10(2)22-23-14)20-9-11-8-12(16)4-5-13(11)17;/h4-5,8H,3,6-7,9H2,1-2H3,(H2,18,19,20);1H. The lowest BCUT2D eigenvalue weighted by Gasteiger charge is -2.10. The molecule has 0 saturated heterocycles. The molecule has 0 aliphatic carbocycles. The molecule has 0 spiro atoms. The van der Waals surface area contributed by atoms with Crippen molar-refractivity contribution in [3.63, 3.8) is 0 Å². The van der Waals surface area contributed by atoms with E-state index in [1.54, 1.807) is 6.92 Å². The summed E-state index contributed by atoms with van der Waals surface area (Å²) in [7, 11) is 0. The van der Waals surface area contributed by atoms with E-state index in [1.165, 1.54) is 0 Å². The van der Waals surface area contributed by atoms with Crippen molar-refractivity contribution in [2.45, 2.75) is 26.8 Å². The monoisotopic (exact) mass is 451 g/mol. The van der Waals surface area contributed by atoms with Crippen LogP contribution in [0.5, 0.6) is 0 Å². The molecule has 132 valence electrons. The predicted octanol–water partition coefficient (Wildman–Crippen LogP) is 2.57. The quantitative estimate of drug-likeness (QED) is 0.401. The zero-order valence-electron chi connectivity index (χ0n) is 13.5. The second kappa shape index (κ2) is 10.2. The minimum Gasteiger partial charge on any atom is -0.357 e. The van der Waals surface area contributed by atoms with E-state index in [2.05, 4.69) is 25.8 Å². The van der Waals surface area contributed by atoms with Gasteiger partial charge >= 0.3 is 0 Å². The largest absolute Gasteiger partial charge is 0.357 e. The van der Waals surface area contributed by atoms with E-state index >= 15 is 0 Å². The highest BCUT2D eigenvalue weighted by Crippen LogP contribution is 2.10. The van der Waals surface area contributed by atoms with Gasteiger partial charge in [-0.05, 0) is 32.0 Å². The summed E-state index contributed by atoms with van der Waals surface area (Å²) in [5.41, 5.74) is 0.203.